The predicted octanol–water partition coefficient (Wildman–Crippen LogP) is 2.90. The Bertz CT molecular complexity index is 624. The van der Waals surface area contributed by atoms with Crippen molar-refractivity contribution in [2.45, 2.75) is 12.5 Å². The van der Waals surface area contributed by atoms with Crippen LogP contribution in [0.2, 0.25) is 5.28 Å². The predicted molar refractivity (Wildman–Crippen MR) is 82.6 cm³/mol. The van der Waals surface area contributed by atoms with Gasteiger partial charge in [0.1, 0.15) is 11.9 Å². The van der Waals surface area contributed by atoms with Gasteiger partial charge >= 0.3 is 5.97 Å². The number of rotatable bonds is 6. The standard InChI is InChI=1S/C13H14ClN3O2S/c1-20-7-6-10(12(18)19)15-11-8-4-2-3-5-9(8)16-13(14)17-11/h2-5,10H,6-7H2,1H3,(H,18,19)(H,15,16,17). The molecule has 2 rings (SSSR count). The number of aliphatic carboxylic acids is 1. The fourth-order valence-electron chi connectivity index (χ4n) is 1.82. The van der Waals surface area contributed by atoms with Crippen LogP contribution in [0.5, 0.6) is 0 Å². The number of aromatic nitrogens is 2. The molecule has 0 saturated heterocycles. The number of hydrogen-bond acceptors (Lipinski definition) is 5. The summed E-state index contributed by atoms with van der Waals surface area (Å²) < 4.78 is 0. The van der Waals surface area contributed by atoms with E-state index < -0.39 is 12.0 Å². The van der Waals surface area contributed by atoms with Gasteiger partial charge in [0.05, 0.1) is 5.52 Å². The summed E-state index contributed by atoms with van der Waals surface area (Å²) in [5.41, 5.74) is 0.684. The second-order valence-corrected chi connectivity index (χ2v) is 5.50. The Morgan fingerprint density at radius 3 is 2.90 bits per heavy atom. The van der Waals surface area contributed by atoms with Crippen LogP contribution < -0.4 is 5.32 Å². The van der Waals surface area contributed by atoms with Crippen LogP contribution in [-0.4, -0.2) is 39.1 Å². The molecule has 1 heterocycles. The Hall–Kier alpha value is -1.53. The number of anilines is 1. The molecular weight excluding hydrogens is 298 g/mol. The van der Waals surface area contributed by atoms with Crippen molar-refractivity contribution in [2.24, 2.45) is 0 Å². The summed E-state index contributed by atoms with van der Waals surface area (Å²) in [4.78, 5) is 19.5. The first-order valence-electron chi connectivity index (χ1n) is 6.02. The van der Waals surface area contributed by atoms with Gasteiger partial charge in [0.15, 0.2) is 0 Å². The third-order valence-electron chi connectivity index (χ3n) is 2.80. The molecule has 0 fully saturated rings. The summed E-state index contributed by atoms with van der Waals surface area (Å²) >= 11 is 7.48. The molecule has 0 amide bonds. The maximum Gasteiger partial charge on any atom is 0.326 e. The van der Waals surface area contributed by atoms with Crippen molar-refractivity contribution in [3.8, 4) is 0 Å². The molecule has 1 aromatic carbocycles. The van der Waals surface area contributed by atoms with Crippen molar-refractivity contribution >= 4 is 46.1 Å². The van der Waals surface area contributed by atoms with Gasteiger partial charge in [0.2, 0.25) is 5.28 Å². The number of carboxylic acids is 1. The monoisotopic (exact) mass is 311 g/mol. The minimum Gasteiger partial charge on any atom is -0.480 e. The van der Waals surface area contributed by atoms with Crippen LogP contribution in [0, 0.1) is 0 Å². The minimum absolute atomic E-state index is 0.0974. The molecule has 0 aliphatic rings. The van der Waals surface area contributed by atoms with E-state index in [1.807, 2.05) is 30.5 Å². The summed E-state index contributed by atoms with van der Waals surface area (Å²) in [6.45, 7) is 0. The number of nitrogens with one attached hydrogen (secondary N) is 1. The molecule has 1 unspecified atom stereocenters. The van der Waals surface area contributed by atoms with Crippen LogP contribution in [0.15, 0.2) is 24.3 Å². The Morgan fingerprint density at radius 2 is 2.20 bits per heavy atom. The molecule has 5 nitrogen and oxygen atoms in total. The first-order chi connectivity index (χ1) is 9.61. The number of halogens is 1. The molecule has 0 aliphatic carbocycles. The molecule has 2 aromatic rings. The second-order valence-electron chi connectivity index (χ2n) is 4.18. The highest BCUT2D eigenvalue weighted by Gasteiger charge is 2.18. The van der Waals surface area contributed by atoms with Gasteiger partial charge in [-0.15, -0.1) is 0 Å². The fraction of sp³-hybridized carbons (Fsp3) is 0.308. The quantitative estimate of drug-likeness (QED) is 0.799. The lowest BCUT2D eigenvalue weighted by molar-refractivity contribution is -0.137. The van der Waals surface area contributed by atoms with Crippen molar-refractivity contribution in [1.82, 2.24) is 9.97 Å². The van der Waals surface area contributed by atoms with Crippen molar-refractivity contribution in [1.29, 1.82) is 0 Å². The number of carbonyl (C=O) groups is 1. The van der Waals surface area contributed by atoms with E-state index in [1.165, 1.54) is 0 Å². The van der Waals surface area contributed by atoms with Crippen LogP contribution in [0.25, 0.3) is 10.9 Å². The maximum atomic E-state index is 11.3. The first kappa shape index (κ1) is 14.9. The van der Waals surface area contributed by atoms with Gasteiger partial charge in [-0.3, -0.25) is 0 Å². The molecule has 0 saturated carbocycles. The molecule has 2 N–H and O–H groups in total. The van der Waals surface area contributed by atoms with Gasteiger partial charge in [0, 0.05) is 5.39 Å². The number of nitrogens with zero attached hydrogens (tertiary/aromatic N) is 2. The number of benzene rings is 1. The van der Waals surface area contributed by atoms with Crippen molar-refractivity contribution in [3.05, 3.63) is 29.5 Å². The van der Waals surface area contributed by atoms with E-state index >= 15 is 0 Å². The molecule has 1 aromatic heterocycles. The van der Waals surface area contributed by atoms with E-state index in [9.17, 15) is 9.90 Å². The lowest BCUT2D eigenvalue weighted by atomic mass is 10.2. The highest BCUT2D eigenvalue weighted by molar-refractivity contribution is 7.98. The number of fused-ring (bicyclic) bond motifs is 1. The zero-order chi connectivity index (χ0) is 14.5. The van der Waals surface area contributed by atoms with Gasteiger partial charge < -0.3 is 10.4 Å². The van der Waals surface area contributed by atoms with Crippen LogP contribution >= 0.6 is 23.4 Å². The largest absolute Gasteiger partial charge is 0.480 e. The lowest BCUT2D eigenvalue weighted by Gasteiger charge is -2.16. The zero-order valence-corrected chi connectivity index (χ0v) is 12.4. The Balaban J connectivity index is 2.33. The minimum atomic E-state index is -0.905. The topological polar surface area (TPSA) is 75.1 Å². The van der Waals surface area contributed by atoms with Crippen molar-refractivity contribution in [3.63, 3.8) is 0 Å². The molecule has 106 valence electrons. The van der Waals surface area contributed by atoms with E-state index in [-0.39, 0.29) is 5.28 Å². The average molecular weight is 312 g/mol. The number of thioether (sulfide) groups is 1. The first-order valence-corrected chi connectivity index (χ1v) is 7.79. The van der Waals surface area contributed by atoms with Crippen LogP contribution in [-0.2, 0) is 4.79 Å². The average Bonchev–Trinajstić information content (AvgIpc) is 2.42. The molecule has 1 atom stereocenters. The van der Waals surface area contributed by atoms with Crippen LogP contribution in [0.3, 0.4) is 0 Å². The van der Waals surface area contributed by atoms with E-state index in [2.05, 4.69) is 15.3 Å². The highest BCUT2D eigenvalue weighted by Crippen LogP contribution is 2.23. The normalized spacial score (nSPS) is 12.3. The SMILES string of the molecule is CSCCC(Nc1nc(Cl)nc2ccccc12)C(=O)O. The van der Waals surface area contributed by atoms with Gasteiger partial charge in [-0.05, 0) is 42.2 Å². The summed E-state index contributed by atoms with van der Waals surface area (Å²) in [5.74, 6) is 0.299. The molecular formula is C13H14ClN3O2S. The number of para-hydroxylation sites is 1. The Labute approximate surface area is 125 Å². The summed E-state index contributed by atoms with van der Waals surface area (Å²) in [6.07, 6.45) is 2.45. The van der Waals surface area contributed by atoms with Gasteiger partial charge in [-0.2, -0.15) is 11.8 Å². The molecule has 0 radical (unpaired) electrons. The smallest absolute Gasteiger partial charge is 0.326 e. The number of carboxylic acid groups (broad SMARTS) is 1. The van der Waals surface area contributed by atoms with E-state index in [4.69, 9.17) is 11.6 Å². The molecule has 20 heavy (non-hydrogen) atoms. The third kappa shape index (κ3) is 3.52. The summed E-state index contributed by atoms with van der Waals surface area (Å²) in [6, 6.07) is 6.64. The maximum absolute atomic E-state index is 11.3. The van der Waals surface area contributed by atoms with Gasteiger partial charge in [-0.25, -0.2) is 14.8 Å². The molecule has 0 spiro atoms. The fourth-order valence-corrected chi connectivity index (χ4v) is 2.46. The van der Waals surface area contributed by atoms with E-state index in [0.717, 1.165) is 11.1 Å². The third-order valence-corrected chi connectivity index (χ3v) is 3.61. The molecule has 7 heteroatoms. The van der Waals surface area contributed by atoms with Crippen molar-refractivity contribution in [2.75, 3.05) is 17.3 Å². The van der Waals surface area contributed by atoms with E-state index in [1.54, 1.807) is 11.8 Å². The number of hydrogen-bond donors (Lipinski definition) is 2. The Kier molecular flexibility index (Phi) is 5.03. The van der Waals surface area contributed by atoms with Crippen molar-refractivity contribution < 1.29 is 9.90 Å². The Morgan fingerprint density at radius 1 is 1.45 bits per heavy atom. The highest BCUT2D eigenvalue weighted by atomic mass is 35.5. The molecule has 0 aliphatic heterocycles. The van der Waals surface area contributed by atoms with Gasteiger partial charge in [-0.1, -0.05) is 12.1 Å². The van der Waals surface area contributed by atoms with Crippen LogP contribution in [0.1, 0.15) is 6.42 Å². The summed E-state index contributed by atoms with van der Waals surface area (Å²) in [7, 11) is 0. The van der Waals surface area contributed by atoms with Crippen LogP contribution in [0.4, 0.5) is 5.82 Å². The summed E-state index contributed by atoms with van der Waals surface area (Å²) in [5, 5.41) is 13.1. The second kappa shape index (κ2) is 6.76. The molecule has 0 bridgehead atoms. The van der Waals surface area contributed by atoms with Gasteiger partial charge in [0.25, 0.3) is 0 Å². The van der Waals surface area contributed by atoms with E-state index in [0.29, 0.717) is 17.8 Å². The lowest BCUT2D eigenvalue weighted by Crippen LogP contribution is -2.30. The zero-order valence-electron chi connectivity index (χ0n) is 10.8.